The molecule has 1 N–H and O–H groups in total. The van der Waals surface area contributed by atoms with Crippen LogP contribution in [0.25, 0.3) is 11.1 Å². The molecule has 0 unspecified atom stereocenters. The van der Waals surface area contributed by atoms with E-state index in [-0.39, 0.29) is 36.7 Å². The molecule has 0 aromatic heterocycles. The highest BCUT2D eigenvalue weighted by Crippen LogP contribution is 2.46. The standard InChI is InChI=1S/C24H27FN4O2.ClH/c1-14-12-28(3)9-8-16(14)18-10-21-22(11-19(18)17-6-4-5-7-20(17)25)31-13-23-26-27-24(30)15(2)29(21)23;/h4-7,10-11,14-16H,8-9,12-13H2,1-3H3,(H,27,30);1H/t14-,15+,16+;/m0./s1. The van der Waals surface area contributed by atoms with Gasteiger partial charge in [0.1, 0.15) is 24.2 Å². The van der Waals surface area contributed by atoms with E-state index in [0.29, 0.717) is 23.1 Å². The molecule has 3 aliphatic rings. The van der Waals surface area contributed by atoms with Gasteiger partial charge in [0, 0.05) is 12.1 Å². The second-order valence-electron chi connectivity index (χ2n) is 8.86. The van der Waals surface area contributed by atoms with Crippen molar-refractivity contribution in [3.63, 3.8) is 0 Å². The molecule has 170 valence electrons. The summed E-state index contributed by atoms with van der Waals surface area (Å²) >= 11 is 0. The predicted molar refractivity (Wildman–Crippen MR) is 126 cm³/mol. The molecule has 2 aromatic carbocycles. The van der Waals surface area contributed by atoms with E-state index < -0.39 is 6.04 Å². The molecule has 0 saturated carbocycles. The van der Waals surface area contributed by atoms with Gasteiger partial charge in [-0.1, -0.05) is 25.1 Å². The first-order valence-electron chi connectivity index (χ1n) is 10.8. The monoisotopic (exact) mass is 458 g/mol. The average Bonchev–Trinajstić information content (AvgIpc) is 2.75. The molecular weight excluding hydrogens is 431 g/mol. The van der Waals surface area contributed by atoms with Crippen molar-refractivity contribution in [2.45, 2.75) is 32.2 Å². The Morgan fingerprint density at radius 3 is 2.72 bits per heavy atom. The van der Waals surface area contributed by atoms with Crippen LogP contribution in [0.3, 0.4) is 0 Å². The number of anilines is 1. The summed E-state index contributed by atoms with van der Waals surface area (Å²) in [5.41, 5.74) is 5.95. The van der Waals surface area contributed by atoms with E-state index in [2.05, 4.69) is 35.5 Å². The molecule has 0 spiro atoms. The van der Waals surface area contributed by atoms with Gasteiger partial charge in [0.25, 0.3) is 5.91 Å². The average molecular weight is 459 g/mol. The second-order valence-corrected chi connectivity index (χ2v) is 8.86. The lowest BCUT2D eigenvalue weighted by molar-refractivity contribution is -0.122. The number of hydrogen-bond acceptors (Lipinski definition) is 5. The van der Waals surface area contributed by atoms with Gasteiger partial charge in [-0.25, -0.2) is 9.82 Å². The lowest BCUT2D eigenvalue weighted by atomic mass is 9.78. The van der Waals surface area contributed by atoms with Gasteiger partial charge in [-0.05, 0) is 68.1 Å². The van der Waals surface area contributed by atoms with Gasteiger partial charge in [0.2, 0.25) is 0 Å². The number of carbonyl (C=O) groups excluding carboxylic acids is 1. The number of piperidine rings is 1. The zero-order valence-electron chi connectivity index (χ0n) is 18.5. The van der Waals surface area contributed by atoms with Gasteiger partial charge in [-0.3, -0.25) is 4.79 Å². The molecule has 3 aliphatic heterocycles. The number of hydrazone groups is 1. The summed E-state index contributed by atoms with van der Waals surface area (Å²) in [6, 6.07) is 10.6. The number of halogens is 2. The van der Waals surface area contributed by atoms with E-state index in [1.807, 2.05) is 30.0 Å². The van der Waals surface area contributed by atoms with Crippen molar-refractivity contribution in [2.75, 3.05) is 31.6 Å². The van der Waals surface area contributed by atoms with Crippen LogP contribution in [0.2, 0.25) is 0 Å². The molecule has 5 rings (SSSR count). The van der Waals surface area contributed by atoms with E-state index in [9.17, 15) is 9.18 Å². The van der Waals surface area contributed by atoms with Crippen molar-refractivity contribution >= 4 is 29.8 Å². The molecular formula is C24H28ClFN4O2. The van der Waals surface area contributed by atoms with Crippen LogP contribution in [0.4, 0.5) is 10.1 Å². The van der Waals surface area contributed by atoms with E-state index in [4.69, 9.17) is 4.74 Å². The summed E-state index contributed by atoms with van der Waals surface area (Å²) in [4.78, 5) is 16.6. The molecule has 2 aromatic rings. The van der Waals surface area contributed by atoms with Crippen LogP contribution < -0.4 is 15.1 Å². The maximum absolute atomic E-state index is 14.9. The van der Waals surface area contributed by atoms with Crippen molar-refractivity contribution in [1.82, 2.24) is 10.3 Å². The summed E-state index contributed by atoms with van der Waals surface area (Å²) in [5, 5.41) is 4.19. The first-order valence-corrected chi connectivity index (χ1v) is 10.8. The van der Waals surface area contributed by atoms with Gasteiger partial charge in [0.15, 0.2) is 5.84 Å². The molecule has 32 heavy (non-hydrogen) atoms. The molecule has 1 fully saturated rings. The Balaban J connectivity index is 0.00000245. The number of ether oxygens (including phenoxy) is 1. The maximum atomic E-state index is 14.9. The number of amidine groups is 1. The first kappa shape index (κ1) is 22.6. The number of amides is 1. The molecule has 0 bridgehead atoms. The van der Waals surface area contributed by atoms with Gasteiger partial charge in [-0.15, -0.1) is 12.4 Å². The van der Waals surface area contributed by atoms with Gasteiger partial charge >= 0.3 is 0 Å². The molecule has 6 nitrogen and oxygen atoms in total. The smallest absolute Gasteiger partial charge is 0.262 e. The van der Waals surface area contributed by atoms with Gasteiger partial charge < -0.3 is 14.5 Å². The van der Waals surface area contributed by atoms with E-state index in [0.717, 1.165) is 36.3 Å². The summed E-state index contributed by atoms with van der Waals surface area (Å²) in [6.45, 7) is 6.37. The Kier molecular flexibility index (Phi) is 6.14. The summed E-state index contributed by atoms with van der Waals surface area (Å²) in [6.07, 6.45) is 0.996. The topological polar surface area (TPSA) is 57.2 Å². The van der Waals surface area contributed by atoms with E-state index in [1.165, 1.54) is 6.07 Å². The Hall–Kier alpha value is -2.64. The second kappa shape index (κ2) is 8.71. The highest BCUT2D eigenvalue weighted by atomic mass is 35.5. The number of likely N-dealkylation sites (tertiary alicyclic amines) is 1. The number of benzene rings is 2. The van der Waals surface area contributed by atoms with Gasteiger partial charge in [-0.2, -0.15) is 5.10 Å². The fourth-order valence-electron chi connectivity index (χ4n) is 5.12. The number of nitrogens with one attached hydrogen (secondary N) is 1. The number of nitrogens with zero attached hydrogens (tertiary/aromatic N) is 3. The Morgan fingerprint density at radius 2 is 1.97 bits per heavy atom. The quantitative estimate of drug-likeness (QED) is 0.739. The summed E-state index contributed by atoms with van der Waals surface area (Å²) in [5.74, 6) is 1.65. The summed E-state index contributed by atoms with van der Waals surface area (Å²) in [7, 11) is 2.14. The third-order valence-electron chi connectivity index (χ3n) is 6.76. The minimum atomic E-state index is -0.391. The van der Waals surface area contributed by atoms with Crippen molar-refractivity contribution in [3.05, 3.63) is 47.8 Å². The van der Waals surface area contributed by atoms with Crippen LogP contribution in [0.1, 0.15) is 31.7 Å². The molecule has 1 amide bonds. The fourth-order valence-corrected chi connectivity index (χ4v) is 5.12. The van der Waals surface area contributed by atoms with Crippen LogP contribution >= 0.6 is 12.4 Å². The highest BCUT2D eigenvalue weighted by molar-refractivity contribution is 6.09. The largest absolute Gasteiger partial charge is 0.483 e. The van der Waals surface area contributed by atoms with E-state index >= 15 is 0 Å². The van der Waals surface area contributed by atoms with Crippen molar-refractivity contribution in [3.8, 4) is 16.9 Å². The van der Waals surface area contributed by atoms with Crippen LogP contribution in [-0.4, -0.2) is 49.4 Å². The van der Waals surface area contributed by atoms with E-state index in [1.54, 1.807) is 6.07 Å². The third kappa shape index (κ3) is 3.73. The van der Waals surface area contributed by atoms with Crippen molar-refractivity contribution in [1.29, 1.82) is 0 Å². The highest BCUT2D eigenvalue weighted by Gasteiger charge is 2.37. The minimum Gasteiger partial charge on any atom is -0.483 e. The Bertz CT molecular complexity index is 1080. The third-order valence-corrected chi connectivity index (χ3v) is 6.76. The first-order chi connectivity index (χ1) is 14.9. The maximum Gasteiger partial charge on any atom is 0.262 e. The number of rotatable bonds is 2. The zero-order chi connectivity index (χ0) is 21.7. The molecule has 3 atom stereocenters. The molecule has 0 aliphatic carbocycles. The van der Waals surface area contributed by atoms with Crippen LogP contribution in [0.15, 0.2) is 41.5 Å². The lowest BCUT2D eigenvalue weighted by Gasteiger charge is -2.40. The zero-order valence-corrected chi connectivity index (χ0v) is 19.3. The summed E-state index contributed by atoms with van der Waals surface area (Å²) < 4.78 is 20.9. The molecule has 8 heteroatoms. The predicted octanol–water partition coefficient (Wildman–Crippen LogP) is 4.00. The molecule has 1 saturated heterocycles. The number of fused-ring (bicyclic) bond motifs is 3. The normalized spacial score (nSPS) is 25.0. The SMILES string of the molecule is C[C@@H]1C(=O)NN=C2COc3cc(-c4ccccc4F)c([C@@H]4CCN(C)C[C@@H]4C)cc3N21.Cl. The lowest BCUT2D eigenvalue weighted by Crippen LogP contribution is -2.55. The number of carbonyl (C=O) groups is 1. The Morgan fingerprint density at radius 1 is 1.19 bits per heavy atom. The number of hydrogen-bond donors (Lipinski definition) is 1. The van der Waals surface area contributed by atoms with Crippen molar-refractivity contribution in [2.24, 2.45) is 11.0 Å². The van der Waals surface area contributed by atoms with Crippen molar-refractivity contribution < 1.29 is 13.9 Å². The van der Waals surface area contributed by atoms with Crippen LogP contribution in [0.5, 0.6) is 5.75 Å². The van der Waals surface area contributed by atoms with Crippen LogP contribution in [0, 0.1) is 11.7 Å². The Labute approximate surface area is 193 Å². The fraction of sp³-hybridized carbons (Fsp3) is 0.417. The molecule has 3 heterocycles. The molecule has 0 radical (unpaired) electrons. The van der Waals surface area contributed by atoms with Gasteiger partial charge in [0.05, 0.1) is 5.69 Å². The van der Waals surface area contributed by atoms with Crippen LogP contribution in [-0.2, 0) is 4.79 Å². The minimum absolute atomic E-state index is 0.